The summed E-state index contributed by atoms with van der Waals surface area (Å²) in [6, 6.07) is 16.7. The molecule has 0 aliphatic carbocycles. The van der Waals surface area contributed by atoms with E-state index >= 15 is 0 Å². The Morgan fingerprint density at radius 1 is 1.02 bits per heavy atom. The first kappa shape index (κ1) is 30.0. The van der Waals surface area contributed by atoms with E-state index in [1.165, 1.54) is 18.2 Å². The van der Waals surface area contributed by atoms with E-state index in [1.54, 1.807) is 17.0 Å². The summed E-state index contributed by atoms with van der Waals surface area (Å²) in [6.07, 6.45) is 5.94. The molecule has 1 fully saturated rings. The van der Waals surface area contributed by atoms with Crippen molar-refractivity contribution in [1.29, 1.82) is 0 Å². The minimum absolute atomic E-state index is 0.0347. The van der Waals surface area contributed by atoms with Crippen LogP contribution in [0.2, 0.25) is 0 Å². The van der Waals surface area contributed by atoms with Crippen LogP contribution in [0.5, 0.6) is 0 Å². The van der Waals surface area contributed by atoms with Crippen molar-refractivity contribution in [2.24, 2.45) is 7.05 Å². The predicted molar refractivity (Wildman–Crippen MR) is 161 cm³/mol. The largest absolute Gasteiger partial charge is 0.416 e. The Labute approximate surface area is 249 Å². The van der Waals surface area contributed by atoms with Gasteiger partial charge in [-0.1, -0.05) is 24.3 Å². The van der Waals surface area contributed by atoms with Gasteiger partial charge in [-0.25, -0.2) is 0 Å². The first-order valence-corrected chi connectivity index (χ1v) is 14.3. The zero-order valence-electron chi connectivity index (χ0n) is 24.3. The molecular weight excluding hydrogens is 553 g/mol. The fourth-order valence-electron chi connectivity index (χ4n) is 5.31. The Bertz CT molecular complexity index is 1540. The van der Waals surface area contributed by atoms with Crippen molar-refractivity contribution >= 4 is 23.4 Å². The lowest BCUT2D eigenvalue weighted by Gasteiger charge is -2.38. The first-order chi connectivity index (χ1) is 20.6. The monoisotopic (exact) mass is 588 g/mol. The van der Waals surface area contributed by atoms with Crippen molar-refractivity contribution in [3.05, 3.63) is 113 Å². The zero-order valence-corrected chi connectivity index (χ0v) is 24.3. The number of carbonyl (C=O) groups excluding carboxylic acids is 1. The van der Waals surface area contributed by atoms with Crippen LogP contribution < -0.4 is 5.32 Å². The number of nitrogens with one attached hydrogen (secondary N) is 1. The molecule has 1 amide bonds. The maximum atomic E-state index is 13.6. The second kappa shape index (κ2) is 13.2. The molecule has 0 saturated carbocycles. The zero-order chi connectivity index (χ0) is 30.4. The van der Waals surface area contributed by atoms with Crippen molar-refractivity contribution < 1.29 is 18.0 Å². The summed E-state index contributed by atoms with van der Waals surface area (Å²) >= 11 is 0. The second-order valence-electron chi connectivity index (χ2n) is 11.0. The number of hydrogen-bond donors (Lipinski definition) is 1. The number of carbonyl (C=O) groups is 1. The Morgan fingerprint density at radius 2 is 1.74 bits per heavy atom. The molecule has 1 aliphatic rings. The van der Waals surface area contributed by atoms with Crippen LogP contribution in [-0.4, -0.2) is 49.6 Å². The molecule has 2 aromatic carbocycles. The maximum absolute atomic E-state index is 13.6. The number of nitrogens with zero attached hydrogens (tertiary/aromatic N) is 5. The van der Waals surface area contributed by atoms with Gasteiger partial charge in [-0.2, -0.15) is 18.3 Å². The summed E-state index contributed by atoms with van der Waals surface area (Å²) < 4.78 is 40.7. The molecule has 224 valence electrons. The summed E-state index contributed by atoms with van der Waals surface area (Å²) in [5, 5.41) is 7.63. The second-order valence-corrected chi connectivity index (χ2v) is 11.0. The number of pyridine rings is 1. The van der Waals surface area contributed by atoms with E-state index in [9.17, 15) is 18.0 Å². The lowest BCUT2D eigenvalue weighted by molar-refractivity contribution is -0.137. The molecule has 0 radical (unpaired) electrons. The topological polar surface area (TPSA) is 66.3 Å². The Balaban J connectivity index is 1.28. The molecular formula is C33H35F3N6O. The highest BCUT2D eigenvalue weighted by atomic mass is 19.4. The average Bonchev–Trinajstić information content (AvgIpc) is 3.40. The van der Waals surface area contributed by atoms with Crippen molar-refractivity contribution in [3.63, 3.8) is 0 Å². The van der Waals surface area contributed by atoms with E-state index in [2.05, 4.69) is 20.3 Å². The molecule has 1 aliphatic heterocycles. The molecule has 10 heteroatoms. The van der Waals surface area contributed by atoms with Gasteiger partial charge in [0.25, 0.3) is 0 Å². The smallest absolute Gasteiger partial charge is 0.355 e. The van der Waals surface area contributed by atoms with Crippen LogP contribution in [0.3, 0.4) is 0 Å². The predicted octanol–water partition coefficient (Wildman–Crippen LogP) is 6.59. The number of rotatable bonds is 9. The lowest BCUT2D eigenvalue weighted by atomic mass is 10.0. The van der Waals surface area contributed by atoms with E-state index in [1.807, 2.05) is 67.7 Å². The van der Waals surface area contributed by atoms with Gasteiger partial charge in [-0.15, -0.1) is 0 Å². The third-order valence-electron chi connectivity index (χ3n) is 7.59. The number of aromatic nitrogens is 3. The standard InChI is InChI=1S/C33H35F3N6O/c1-24-19-30(13-16-37-24)39-29-10-5-26(6-11-29)23-42(31-14-17-41(18-15-31)22-27-20-38-40(2)21-27)32(43)12-7-25-3-8-28(9-4-25)33(34,35)36/h3-13,16,19-21,31H,14-15,17-18,22-23H2,1-2H3,(H,37,39)/b12-7+. The summed E-state index contributed by atoms with van der Waals surface area (Å²) in [7, 11) is 1.90. The van der Waals surface area contributed by atoms with Gasteiger partial charge in [0, 0.05) is 80.4 Å². The Morgan fingerprint density at radius 3 is 2.37 bits per heavy atom. The van der Waals surface area contributed by atoms with Gasteiger partial charge in [0.2, 0.25) is 5.91 Å². The molecule has 3 heterocycles. The van der Waals surface area contributed by atoms with Gasteiger partial charge >= 0.3 is 6.18 Å². The van der Waals surface area contributed by atoms with Gasteiger partial charge < -0.3 is 10.2 Å². The SMILES string of the molecule is Cc1cc(Nc2ccc(CN(C(=O)/C=C/c3ccc(C(F)(F)F)cc3)C3CCN(Cc4cnn(C)c4)CC3)cc2)ccn1. The minimum atomic E-state index is -4.40. The molecule has 5 rings (SSSR count). The third-order valence-corrected chi connectivity index (χ3v) is 7.59. The summed E-state index contributed by atoms with van der Waals surface area (Å²) in [5.74, 6) is -0.167. The van der Waals surface area contributed by atoms with Gasteiger partial charge in [0.15, 0.2) is 0 Å². The Hall–Kier alpha value is -4.44. The highest BCUT2D eigenvalue weighted by Crippen LogP contribution is 2.29. The number of hydrogen-bond acceptors (Lipinski definition) is 5. The molecule has 0 bridgehead atoms. The average molecular weight is 589 g/mol. The summed E-state index contributed by atoms with van der Waals surface area (Å²) in [6.45, 7) is 4.88. The number of halogens is 3. The molecule has 7 nitrogen and oxygen atoms in total. The fraction of sp³-hybridized carbons (Fsp3) is 0.303. The molecule has 0 atom stereocenters. The molecule has 1 N–H and O–H groups in total. The molecule has 1 saturated heterocycles. The normalized spacial score (nSPS) is 14.7. The van der Waals surface area contributed by atoms with Gasteiger partial charge in [-0.05, 0) is 73.4 Å². The van der Waals surface area contributed by atoms with E-state index in [-0.39, 0.29) is 11.9 Å². The number of likely N-dealkylation sites (tertiary alicyclic amines) is 1. The lowest BCUT2D eigenvalue weighted by Crippen LogP contribution is -2.46. The highest BCUT2D eigenvalue weighted by Gasteiger charge is 2.30. The third kappa shape index (κ3) is 8.32. The molecule has 4 aromatic rings. The van der Waals surface area contributed by atoms with Crippen LogP contribution in [0.1, 0.15) is 40.8 Å². The van der Waals surface area contributed by atoms with Crippen LogP contribution in [0, 0.1) is 6.92 Å². The molecule has 2 aromatic heterocycles. The van der Waals surface area contributed by atoms with Crippen molar-refractivity contribution in [1.82, 2.24) is 24.6 Å². The van der Waals surface area contributed by atoms with Gasteiger partial charge in [0.05, 0.1) is 11.8 Å². The van der Waals surface area contributed by atoms with Crippen LogP contribution in [0.25, 0.3) is 6.08 Å². The van der Waals surface area contributed by atoms with Crippen LogP contribution >= 0.6 is 0 Å². The molecule has 0 spiro atoms. The first-order valence-electron chi connectivity index (χ1n) is 14.3. The molecule has 0 unspecified atom stereocenters. The van der Waals surface area contributed by atoms with E-state index in [0.29, 0.717) is 12.1 Å². The quantitative estimate of drug-likeness (QED) is 0.224. The van der Waals surface area contributed by atoms with Gasteiger partial charge in [0.1, 0.15) is 0 Å². The van der Waals surface area contributed by atoms with E-state index in [0.717, 1.165) is 72.8 Å². The highest BCUT2D eigenvalue weighted by molar-refractivity contribution is 5.92. The summed E-state index contributed by atoms with van der Waals surface area (Å²) in [4.78, 5) is 22.1. The number of amides is 1. The fourth-order valence-corrected chi connectivity index (χ4v) is 5.31. The van der Waals surface area contributed by atoms with Gasteiger partial charge in [-0.3, -0.25) is 19.4 Å². The van der Waals surface area contributed by atoms with E-state index < -0.39 is 11.7 Å². The number of piperidine rings is 1. The molecule has 43 heavy (non-hydrogen) atoms. The van der Waals surface area contributed by atoms with Crippen molar-refractivity contribution in [2.45, 2.75) is 45.1 Å². The van der Waals surface area contributed by atoms with Crippen LogP contribution in [0.15, 0.2) is 85.3 Å². The number of aryl methyl sites for hydroxylation is 2. The van der Waals surface area contributed by atoms with Crippen molar-refractivity contribution in [3.8, 4) is 0 Å². The number of benzene rings is 2. The number of anilines is 2. The van der Waals surface area contributed by atoms with Crippen LogP contribution in [-0.2, 0) is 31.1 Å². The Kier molecular flexibility index (Phi) is 9.25. The van der Waals surface area contributed by atoms with Crippen molar-refractivity contribution in [2.75, 3.05) is 18.4 Å². The minimum Gasteiger partial charge on any atom is -0.355 e. The summed E-state index contributed by atoms with van der Waals surface area (Å²) in [5.41, 5.74) is 4.77. The number of alkyl halides is 3. The van der Waals surface area contributed by atoms with Crippen LogP contribution in [0.4, 0.5) is 24.5 Å². The van der Waals surface area contributed by atoms with E-state index in [4.69, 9.17) is 0 Å². The maximum Gasteiger partial charge on any atom is 0.416 e.